The van der Waals surface area contributed by atoms with E-state index in [1.807, 2.05) is 54.4 Å². The molecule has 10 heteroatoms. The van der Waals surface area contributed by atoms with Gasteiger partial charge in [0, 0.05) is 18.3 Å². The Balaban J connectivity index is 1.64. The number of thioether (sulfide) groups is 2. The molecule has 0 radical (unpaired) electrons. The van der Waals surface area contributed by atoms with Crippen LogP contribution < -0.4 is 4.90 Å². The SMILES string of the molecule is CCN1/C(=C/C(=C2/SC(=S)N(Cc3ccccc3)C2=O)c2ccccc2C(=O)O)Sc2c[nH]c(Cl)c21. The van der Waals surface area contributed by atoms with Crippen LogP contribution in [-0.2, 0) is 11.3 Å². The third-order valence-corrected chi connectivity index (χ3v) is 8.66. The molecule has 36 heavy (non-hydrogen) atoms. The summed E-state index contributed by atoms with van der Waals surface area (Å²) >= 11 is 14.7. The van der Waals surface area contributed by atoms with Crippen LogP contribution in [0.2, 0.25) is 5.15 Å². The quantitative estimate of drug-likeness (QED) is 0.263. The van der Waals surface area contributed by atoms with Crippen molar-refractivity contribution in [2.24, 2.45) is 0 Å². The van der Waals surface area contributed by atoms with Crippen molar-refractivity contribution in [2.45, 2.75) is 18.4 Å². The molecule has 0 saturated carbocycles. The minimum atomic E-state index is -1.07. The first kappa shape index (κ1) is 24.7. The molecule has 6 nitrogen and oxygen atoms in total. The summed E-state index contributed by atoms with van der Waals surface area (Å²) in [6.07, 6.45) is 3.72. The Morgan fingerprint density at radius 1 is 1.08 bits per heavy atom. The maximum Gasteiger partial charge on any atom is 0.336 e. The first-order valence-electron chi connectivity index (χ1n) is 11.1. The molecule has 5 rings (SSSR count). The summed E-state index contributed by atoms with van der Waals surface area (Å²) < 4.78 is 0.434. The molecule has 0 aliphatic carbocycles. The first-order chi connectivity index (χ1) is 17.4. The molecule has 0 bridgehead atoms. The predicted molar refractivity (Wildman–Crippen MR) is 150 cm³/mol. The summed E-state index contributed by atoms with van der Waals surface area (Å²) in [6.45, 7) is 3.00. The second-order valence-corrected chi connectivity index (χ2v) is 11.1. The van der Waals surface area contributed by atoms with Crippen LogP contribution in [0, 0.1) is 0 Å². The van der Waals surface area contributed by atoms with Gasteiger partial charge in [0.15, 0.2) is 0 Å². The average Bonchev–Trinajstić information content (AvgIpc) is 3.51. The maximum atomic E-state index is 13.7. The molecule has 2 aliphatic rings. The Morgan fingerprint density at radius 2 is 1.78 bits per heavy atom. The average molecular weight is 554 g/mol. The highest BCUT2D eigenvalue weighted by Crippen LogP contribution is 2.51. The van der Waals surface area contributed by atoms with Gasteiger partial charge in [0.05, 0.1) is 32.6 Å². The molecule has 3 aromatic rings. The minimum Gasteiger partial charge on any atom is -0.478 e. The molecule has 2 aromatic carbocycles. The number of hydrogen-bond donors (Lipinski definition) is 2. The van der Waals surface area contributed by atoms with Gasteiger partial charge in [-0.25, -0.2) is 4.79 Å². The number of H-pyrrole nitrogens is 1. The number of nitrogens with one attached hydrogen (secondary N) is 1. The van der Waals surface area contributed by atoms with Gasteiger partial charge in [0.25, 0.3) is 5.91 Å². The van der Waals surface area contributed by atoms with Crippen molar-refractivity contribution >= 4 is 74.8 Å². The number of amides is 1. The number of aromatic carboxylic acids is 1. The van der Waals surface area contributed by atoms with Gasteiger partial charge in [0.1, 0.15) is 9.47 Å². The number of thiocarbonyl (C=S) groups is 1. The van der Waals surface area contributed by atoms with Crippen LogP contribution in [0.15, 0.2) is 81.7 Å². The van der Waals surface area contributed by atoms with Crippen LogP contribution in [0.4, 0.5) is 5.69 Å². The maximum absolute atomic E-state index is 13.7. The van der Waals surface area contributed by atoms with Gasteiger partial charge in [-0.1, -0.05) is 95.9 Å². The third-order valence-electron chi connectivity index (χ3n) is 5.83. The zero-order valence-corrected chi connectivity index (χ0v) is 22.2. The zero-order chi connectivity index (χ0) is 25.4. The number of carbonyl (C=O) groups is 2. The zero-order valence-electron chi connectivity index (χ0n) is 19.0. The molecular weight excluding hydrogens is 534 g/mol. The topological polar surface area (TPSA) is 76.6 Å². The van der Waals surface area contributed by atoms with Gasteiger partial charge >= 0.3 is 5.97 Å². The highest BCUT2D eigenvalue weighted by molar-refractivity contribution is 8.26. The molecule has 2 aliphatic heterocycles. The smallest absolute Gasteiger partial charge is 0.336 e. The van der Waals surface area contributed by atoms with Gasteiger partial charge in [-0.15, -0.1) is 0 Å². The van der Waals surface area contributed by atoms with Crippen molar-refractivity contribution in [1.29, 1.82) is 0 Å². The number of anilines is 1. The number of aromatic amines is 1. The predicted octanol–water partition coefficient (Wildman–Crippen LogP) is 6.61. The number of carbonyl (C=O) groups excluding carboxylic acids is 1. The van der Waals surface area contributed by atoms with E-state index in [0.29, 0.717) is 38.6 Å². The largest absolute Gasteiger partial charge is 0.478 e. The van der Waals surface area contributed by atoms with Crippen molar-refractivity contribution in [3.05, 3.63) is 98.6 Å². The summed E-state index contributed by atoms with van der Waals surface area (Å²) in [6, 6.07) is 16.3. The molecular formula is C26H20ClN3O3S3. The lowest BCUT2D eigenvalue weighted by atomic mass is 9.98. The van der Waals surface area contributed by atoms with Crippen LogP contribution in [0.25, 0.3) is 5.57 Å². The molecule has 0 unspecified atom stereocenters. The number of carboxylic acids is 1. The molecule has 1 aromatic heterocycles. The van der Waals surface area contributed by atoms with Gasteiger partial charge in [-0.05, 0) is 30.2 Å². The van der Waals surface area contributed by atoms with Crippen molar-refractivity contribution in [2.75, 3.05) is 11.4 Å². The van der Waals surface area contributed by atoms with Crippen LogP contribution in [0.3, 0.4) is 0 Å². The van der Waals surface area contributed by atoms with E-state index in [1.54, 1.807) is 29.2 Å². The fraction of sp³-hybridized carbons (Fsp3) is 0.115. The number of halogens is 1. The summed E-state index contributed by atoms with van der Waals surface area (Å²) in [5, 5.41) is 11.3. The molecule has 1 amide bonds. The number of benzene rings is 2. The number of nitrogens with zero attached hydrogens (tertiary/aromatic N) is 2. The van der Waals surface area contributed by atoms with Crippen molar-refractivity contribution in [3.8, 4) is 0 Å². The molecule has 0 atom stereocenters. The van der Waals surface area contributed by atoms with E-state index in [0.717, 1.165) is 21.2 Å². The van der Waals surface area contributed by atoms with E-state index in [-0.39, 0.29) is 11.5 Å². The molecule has 3 heterocycles. The van der Waals surface area contributed by atoms with Crippen molar-refractivity contribution < 1.29 is 14.7 Å². The lowest BCUT2D eigenvalue weighted by molar-refractivity contribution is -0.122. The van der Waals surface area contributed by atoms with Crippen LogP contribution in [0.5, 0.6) is 0 Å². The summed E-state index contributed by atoms with van der Waals surface area (Å²) in [7, 11) is 0. The number of rotatable bonds is 6. The fourth-order valence-corrected chi connectivity index (χ4v) is 6.94. The molecule has 1 fully saturated rings. The number of carboxylic acid groups (broad SMARTS) is 1. The normalized spacial score (nSPS) is 17.8. The van der Waals surface area contributed by atoms with Gasteiger partial charge in [0.2, 0.25) is 0 Å². The van der Waals surface area contributed by atoms with E-state index < -0.39 is 5.97 Å². The number of fused-ring (bicyclic) bond motifs is 1. The van der Waals surface area contributed by atoms with E-state index in [1.165, 1.54) is 23.5 Å². The van der Waals surface area contributed by atoms with E-state index in [4.69, 9.17) is 23.8 Å². The molecule has 0 spiro atoms. The number of hydrogen-bond acceptors (Lipinski definition) is 6. The summed E-state index contributed by atoms with van der Waals surface area (Å²) in [5.41, 5.74) is 2.92. The molecule has 2 N–H and O–H groups in total. The Hall–Kier alpha value is -2.98. The fourth-order valence-electron chi connectivity index (χ4n) is 4.16. The first-order valence-corrected chi connectivity index (χ1v) is 13.5. The lowest BCUT2D eigenvalue weighted by Gasteiger charge is -2.19. The van der Waals surface area contributed by atoms with E-state index >= 15 is 0 Å². The summed E-state index contributed by atoms with van der Waals surface area (Å²) in [4.78, 5) is 33.8. The van der Waals surface area contributed by atoms with Gasteiger partial charge in [-0.2, -0.15) is 0 Å². The Kier molecular flexibility index (Phi) is 6.98. The second kappa shape index (κ2) is 10.2. The Bertz CT molecular complexity index is 1450. The summed E-state index contributed by atoms with van der Waals surface area (Å²) in [5.74, 6) is -1.31. The standard InChI is InChI=1S/C26H20ClN3O3S3/c1-2-29-20(35-19-13-28-23(27)21(19)29)12-18(16-10-6-7-11-17(16)25(32)33)22-24(31)30(26(34)36-22)14-15-8-4-3-5-9-15/h3-13,28H,2,14H2,1H3,(H,32,33)/b20-12-,22-18-. The van der Waals surface area contributed by atoms with Crippen molar-refractivity contribution in [3.63, 3.8) is 0 Å². The Morgan fingerprint density at radius 3 is 2.47 bits per heavy atom. The minimum absolute atomic E-state index is 0.113. The van der Waals surface area contributed by atoms with E-state index in [2.05, 4.69) is 4.98 Å². The highest BCUT2D eigenvalue weighted by Gasteiger charge is 2.36. The molecule has 182 valence electrons. The highest BCUT2D eigenvalue weighted by atomic mass is 35.5. The monoisotopic (exact) mass is 553 g/mol. The lowest BCUT2D eigenvalue weighted by Crippen LogP contribution is -2.27. The van der Waals surface area contributed by atoms with Crippen LogP contribution in [-0.4, -0.2) is 37.7 Å². The van der Waals surface area contributed by atoms with Crippen molar-refractivity contribution in [1.82, 2.24) is 9.88 Å². The van der Waals surface area contributed by atoms with Crippen LogP contribution in [0.1, 0.15) is 28.4 Å². The number of aromatic nitrogens is 1. The van der Waals surface area contributed by atoms with Crippen LogP contribution >= 0.6 is 47.3 Å². The van der Waals surface area contributed by atoms with Gasteiger partial charge in [-0.3, -0.25) is 9.69 Å². The van der Waals surface area contributed by atoms with Gasteiger partial charge < -0.3 is 15.0 Å². The Labute approximate surface area is 227 Å². The van der Waals surface area contributed by atoms with E-state index in [9.17, 15) is 14.7 Å². The second-order valence-electron chi connectivity index (χ2n) is 7.98. The molecule has 1 saturated heterocycles. The third kappa shape index (κ3) is 4.48. The number of allylic oxidation sites excluding steroid dienone is 2.